The smallest absolute Gasteiger partial charge is 0.160 e. The molecule has 1 aromatic rings. The van der Waals surface area contributed by atoms with Gasteiger partial charge in [0.05, 0.1) is 16.9 Å². The van der Waals surface area contributed by atoms with Crippen molar-refractivity contribution in [1.29, 1.82) is 0 Å². The zero-order chi connectivity index (χ0) is 11.0. The second kappa shape index (κ2) is 3.81. The predicted octanol–water partition coefficient (Wildman–Crippen LogP) is 2.83. The molecule has 15 heavy (non-hydrogen) atoms. The van der Waals surface area contributed by atoms with Crippen LogP contribution in [0.25, 0.3) is 5.70 Å². The van der Waals surface area contributed by atoms with Crippen LogP contribution in [0.1, 0.15) is 31.9 Å². The lowest BCUT2D eigenvalue weighted by atomic mass is 9.96. The molecule has 0 saturated heterocycles. The Bertz CT molecular complexity index is 445. The number of carbonyl (C=O) groups is 1. The summed E-state index contributed by atoms with van der Waals surface area (Å²) in [5.74, 6) is 0.224. The van der Waals surface area contributed by atoms with E-state index in [-0.39, 0.29) is 5.78 Å². The standard InChI is InChI=1S/C11H13ClN2O/c1-7-10(4-3-5-11(7)15)14-8(2)9(12)6-13-14/h6H,3-5H2,1-2H3. The average molecular weight is 225 g/mol. The van der Waals surface area contributed by atoms with Crippen molar-refractivity contribution in [2.24, 2.45) is 0 Å². The molecular formula is C11H13ClN2O. The van der Waals surface area contributed by atoms with E-state index in [1.807, 2.05) is 13.8 Å². The first kappa shape index (κ1) is 10.4. The van der Waals surface area contributed by atoms with Crippen LogP contribution < -0.4 is 0 Å². The molecule has 1 aliphatic carbocycles. The van der Waals surface area contributed by atoms with Gasteiger partial charge in [-0.2, -0.15) is 5.10 Å². The maximum atomic E-state index is 11.6. The highest BCUT2D eigenvalue weighted by Crippen LogP contribution is 2.28. The third-order valence-electron chi connectivity index (χ3n) is 2.87. The zero-order valence-corrected chi connectivity index (χ0v) is 9.64. The van der Waals surface area contributed by atoms with Crippen LogP contribution in [-0.4, -0.2) is 15.6 Å². The van der Waals surface area contributed by atoms with Gasteiger partial charge in [-0.05, 0) is 26.7 Å². The van der Waals surface area contributed by atoms with Gasteiger partial charge in [-0.15, -0.1) is 0 Å². The number of carbonyl (C=O) groups excluding carboxylic acids is 1. The van der Waals surface area contributed by atoms with E-state index in [9.17, 15) is 4.79 Å². The fourth-order valence-corrected chi connectivity index (χ4v) is 2.00. The van der Waals surface area contributed by atoms with Gasteiger partial charge in [0.1, 0.15) is 0 Å². The first-order valence-electron chi connectivity index (χ1n) is 5.04. The summed E-state index contributed by atoms with van der Waals surface area (Å²) in [6, 6.07) is 0. The molecular weight excluding hydrogens is 212 g/mol. The van der Waals surface area contributed by atoms with Crippen molar-refractivity contribution < 1.29 is 4.79 Å². The minimum atomic E-state index is 0.224. The number of aromatic nitrogens is 2. The third kappa shape index (κ3) is 1.72. The highest BCUT2D eigenvalue weighted by molar-refractivity contribution is 6.31. The maximum Gasteiger partial charge on any atom is 0.160 e. The fraction of sp³-hybridized carbons (Fsp3) is 0.455. The molecule has 2 rings (SSSR count). The van der Waals surface area contributed by atoms with Gasteiger partial charge < -0.3 is 0 Å². The van der Waals surface area contributed by atoms with Crippen molar-refractivity contribution in [1.82, 2.24) is 9.78 Å². The van der Waals surface area contributed by atoms with Crippen LogP contribution >= 0.6 is 11.6 Å². The largest absolute Gasteiger partial charge is 0.294 e. The molecule has 4 heteroatoms. The summed E-state index contributed by atoms with van der Waals surface area (Å²) >= 11 is 5.94. The highest BCUT2D eigenvalue weighted by Gasteiger charge is 2.20. The normalized spacial score (nSPS) is 17.4. The minimum absolute atomic E-state index is 0.224. The van der Waals surface area contributed by atoms with Gasteiger partial charge in [0, 0.05) is 17.7 Å². The second-order valence-corrected chi connectivity index (χ2v) is 4.25. The van der Waals surface area contributed by atoms with Crippen molar-refractivity contribution in [2.45, 2.75) is 33.1 Å². The second-order valence-electron chi connectivity index (χ2n) is 3.84. The highest BCUT2D eigenvalue weighted by atomic mass is 35.5. The van der Waals surface area contributed by atoms with E-state index >= 15 is 0 Å². The maximum absolute atomic E-state index is 11.6. The summed E-state index contributed by atoms with van der Waals surface area (Å²) in [5, 5.41) is 4.85. The molecule has 80 valence electrons. The van der Waals surface area contributed by atoms with E-state index in [4.69, 9.17) is 11.6 Å². The molecule has 1 aliphatic rings. The molecule has 0 spiro atoms. The Morgan fingerprint density at radius 1 is 1.40 bits per heavy atom. The van der Waals surface area contributed by atoms with Gasteiger partial charge in [0.15, 0.2) is 5.78 Å². The average Bonchev–Trinajstić information content (AvgIpc) is 2.53. The molecule has 1 aromatic heterocycles. The quantitative estimate of drug-likeness (QED) is 0.735. The Morgan fingerprint density at radius 3 is 2.73 bits per heavy atom. The molecule has 0 amide bonds. The van der Waals surface area contributed by atoms with E-state index < -0.39 is 0 Å². The minimum Gasteiger partial charge on any atom is -0.294 e. The van der Waals surface area contributed by atoms with E-state index in [1.165, 1.54) is 0 Å². The topological polar surface area (TPSA) is 34.9 Å². The Morgan fingerprint density at radius 2 is 2.13 bits per heavy atom. The van der Waals surface area contributed by atoms with E-state index in [0.717, 1.165) is 29.8 Å². The van der Waals surface area contributed by atoms with Crippen molar-refractivity contribution in [3.8, 4) is 0 Å². The Kier molecular flexibility index (Phi) is 2.65. The monoisotopic (exact) mass is 224 g/mol. The van der Waals surface area contributed by atoms with Gasteiger partial charge in [0.2, 0.25) is 0 Å². The number of hydrogen-bond acceptors (Lipinski definition) is 2. The molecule has 1 heterocycles. The molecule has 0 aromatic carbocycles. The molecule has 0 unspecified atom stereocenters. The molecule has 0 bridgehead atoms. The number of ketones is 1. The van der Waals surface area contributed by atoms with Crippen LogP contribution in [0.5, 0.6) is 0 Å². The number of Topliss-reactive ketones (excluding diaryl/α,β-unsaturated/α-hetero) is 1. The van der Waals surface area contributed by atoms with Crippen molar-refractivity contribution in [2.75, 3.05) is 0 Å². The molecule has 3 nitrogen and oxygen atoms in total. The van der Waals surface area contributed by atoms with Crippen LogP contribution in [-0.2, 0) is 4.79 Å². The van der Waals surface area contributed by atoms with Gasteiger partial charge in [-0.25, -0.2) is 4.68 Å². The lowest BCUT2D eigenvalue weighted by molar-refractivity contribution is -0.115. The fourth-order valence-electron chi connectivity index (χ4n) is 1.88. The number of hydrogen-bond donors (Lipinski definition) is 0. The van der Waals surface area contributed by atoms with Gasteiger partial charge >= 0.3 is 0 Å². The van der Waals surface area contributed by atoms with Crippen molar-refractivity contribution in [3.05, 3.63) is 22.5 Å². The summed E-state index contributed by atoms with van der Waals surface area (Å²) in [6.45, 7) is 3.78. The molecule has 0 fully saturated rings. The van der Waals surface area contributed by atoms with Crippen LogP contribution in [0.15, 0.2) is 11.8 Å². The third-order valence-corrected chi connectivity index (χ3v) is 3.25. The summed E-state index contributed by atoms with van der Waals surface area (Å²) in [5.41, 5.74) is 2.72. The van der Waals surface area contributed by atoms with Crippen LogP contribution in [0.4, 0.5) is 0 Å². The number of nitrogens with zero attached hydrogens (tertiary/aromatic N) is 2. The van der Waals surface area contributed by atoms with E-state index in [2.05, 4.69) is 5.10 Å². The van der Waals surface area contributed by atoms with Crippen LogP contribution in [0.3, 0.4) is 0 Å². The number of halogens is 1. The number of rotatable bonds is 1. The molecule has 0 N–H and O–H groups in total. The van der Waals surface area contributed by atoms with Gasteiger partial charge in [0.25, 0.3) is 0 Å². The SMILES string of the molecule is CC1=C(n2ncc(Cl)c2C)CCCC1=O. The van der Waals surface area contributed by atoms with E-state index in [0.29, 0.717) is 11.4 Å². The summed E-state index contributed by atoms with van der Waals surface area (Å²) in [6.07, 6.45) is 4.08. The van der Waals surface area contributed by atoms with E-state index in [1.54, 1.807) is 10.9 Å². The van der Waals surface area contributed by atoms with Crippen molar-refractivity contribution in [3.63, 3.8) is 0 Å². The lowest BCUT2D eigenvalue weighted by Gasteiger charge is -2.17. The molecule has 0 radical (unpaired) electrons. The number of allylic oxidation sites excluding steroid dienone is 2. The molecule has 0 aliphatic heterocycles. The summed E-state index contributed by atoms with van der Waals surface area (Å²) in [7, 11) is 0. The Labute approximate surface area is 93.7 Å². The summed E-state index contributed by atoms with van der Waals surface area (Å²) in [4.78, 5) is 11.6. The molecule has 0 saturated carbocycles. The summed E-state index contributed by atoms with van der Waals surface area (Å²) < 4.78 is 1.79. The predicted molar refractivity (Wildman–Crippen MR) is 59.7 cm³/mol. The van der Waals surface area contributed by atoms with Crippen molar-refractivity contribution >= 4 is 23.1 Å². The Hall–Kier alpha value is -1.09. The van der Waals surface area contributed by atoms with Crippen LogP contribution in [0, 0.1) is 6.92 Å². The molecule has 0 atom stereocenters. The first-order valence-corrected chi connectivity index (χ1v) is 5.42. The van der Waals surface area contributed by atoms with Gasteiger partial charge in [-0.3, -0.25) is 4.79 Å². The van der Waals surface area contributed by atoms with Crippen LogP contribution in [0.2, 0.25) is 5.02 Å². The van der Waals surface area contributed by atoms with Gasteiger partial charge in [-0.1, -0.05) is 11.6 Å². The zero-order valence-electron chi connectivity index (χ0n) is 8.88. The first-order chi connectivity index (χ1) is 7.11. The Balaban J connectivity index is 2.51. The lowest BCUT2D eigenvalue weighted by Crippen LogP contribution is -2.14.